The van der Waals surface area contributed by atoms with Gasteiger partial charge in [0.25, 0.3) is 0 Å². The molecule has 1 aromatic rings. The van der Waals surface area contributed by atoms with Crippen LogP contribution in [-0.4, -0.2) is 31.2 Å². The average molecular weight is 248 g/mol. The fourth-order valence-corrected chi connectivity index (χ4v) is 1.42. The van der Waals surface area contributed by atoms with E-state index in [0.717, 1.165) is 18.3 Å². The van der Waals surface area contributed by atoms with E-state index < -0.39 is 11.7 Å². The van der Waals surface area contributed by atoms with Gasteiger partial charge >= 0.3 is 6.18 Å². The van der Waals surface area contributed by atoms with E-state index in [1.54, 1.807) is 4.90 Å². The van der Waals surface area contributed by atoms with Crippen molar-refractivity contribution in [3.63, 3.8) is 0 Å². The van der Waals surface area contributed by atoms with Gasteiger partial charge in [0, 0.05) is 32.4 Å². The summed E-state index contributed by atoms with van der Waals surface area (Å²) in [5.41, 5.74) is 10.1. The minimum absolute atomic E-state index is 0.246. The predicted molar refractivity (Wildman–Crippen MR) is 59.6 cm³/mol. The number of hydrogen-bond donors (Lipinski definition) is 2. The summed E-state index contributed by atoms with van der Waals surface area (Å²) in [7, 11) is 0. The van der Waals surface area contributed by atoms with Gasteiger partial charge in [0.2, 0.25) is 0 Å². The highest BCUT2D eigenvalue weighted by Gasteiger charge is 2.31. The molecule has 4 nitrogen and oxygen atoms in total. The Labute approximate surface area is 97.4 Å². The van der Waals surface area contributed by atoms with Crippen LogP contribution < -0.4 is 16.4 Å². The first-order valence-corrected chi connectivity index (χ1v) is 5.17. The largest absolute Gasteiger partial charge is 0.416 e. The molecule has 4 N–H and O–H groups in total. The number of nitrogens with zero attached hydrogens (tertiary/aromatic N) is 2. The van der Waals surface area contributed by atoms with Crippen molar-refractivity contribution in [3.8, 4) is 0 Å². The van der Waals surface area contributed by atoms with Crippen molar-refractivity contribution in [2.75, 3.05) is 31.1 Å². The molecule has 0 atom stereocenters. The number of rotatable bonds is 5. The van der Waals surface area contributed by atoms with Crippen LogP contribution in [0.15, 0.2) is 18.3 Å². The van der Waals surface area contributed by atoms with Crippen molar-refractivity contribution in [1.82, 2.24) is 4.98 Å². The highest BCUT2D eigenvalue weighted by atomic mass is 19.4. The number of alkyl halides is 3. The molecule has 0 unspecified atom stereocenters. The van der Waals surface area contributed by atoms with Gasteiger partial charge in [-0.2, -0.15) is 13.2 Å². The Balaban J connectivity index is 2.95. The lowest BCUT2D eigenvalue weighted by Crippen LogP contribution is -2.34. The normalized spacial score (nSPS) is 11.6. The maximum atomic E-state index is 12.5. The lowest BCUT2D eigenvalue weighted by Gasteiger charge is -2.22. The first kappa shape index (κ1) is 13.7. The van der Waals surface area contributed by atoms with Gasteiger partial charge in [-0.3, -0.25) is 0 Å². The van der Waals surface area contributed by atoms with E-state index in [9.17, 15) is 13.2 Å². The van der Waals surface area contributed by atoms with Gasteiger partial charge in [0.05, 0.1) is 5.56 Å². The zero-order chi connectivity index (χ0) is 12.9. The molecule has 0 aliphatic carbocycles. The molecular formula is C10H15F3N4. The van der Waals surface area contributed by atoms with Crippen LogP contribution in [0.25, 0.3) is 0 Å². The Kier molecular flexibility index (Phi) is 4.71. The summed E-state index contributed by atoms with van der Waals surface area (Å²) in [5.74, 6) is 0.246. The Bertz CT molecular complexity index is 348. The molecule has 0 bridgehead atoms. The molecule has 0 fully saturated rings. The zero-order valence-corrected chi connectivity index (χ0v) is 9.24. The smallest absolute Gasteiger partial charge is 0.354 e. The van der Waals surface area contributed by atoms with Crippen molar-refractivity contribution < 1.29 is 13.2 Å². The minimum atomic E-state index is -4.37. The quantitative estimate of drug-likeness (QED) is 0.809. The molecule has 1 heterocycles. The Morgan fingerprint density at radius 2 is 1.76 bits per heavy atom. The third-order valence-electron chi connectivity index (χ3n) is 2.19. The van der Waals surface area contributed by atoms with Crippen LogP contribution >= 0.6 is 0 Å². The topological polar surface area (TPSA) is 68.2 Å². The molecule has 1 aromatic heterocycles. The van der Waals surface area contributed by atoms with Gasteiger partial charge < -0.3 is 16.4 Å². The summed E-state index contributed by atoms with van der Waals surface area (Å²) >= 11 is 0. The molecule has 0 saturated heterocycles. The van der Waals surface area contributed by atoms with Crippen LogP contribution in [-0.2, 0) is 6.18 Å². The lowest BCUT2D eigenvalue weighted by atomic mass is 10.2. The molecule has 0 spiro atoms. The van der Waals surface area contributed by atoms with Crippen molar-refractivity contribution in [2.45, 2.75) is 6.18 Å². The summed E-state index contributed by atoms with van der Waals surface area (Å²) in [5, 5.41) is 0. The second-order valence-electron chi connectivity index (χ2n) is 3.46. The van der Waals surface area contributed by atoms with E-state index in [0.29, 0.717) is 26.2 Å². The average Bonchev–Trinajstić information content (AvgIpc) is 2.28. The summed E-state index contributed by atoms with van der Waals surface area (Å²) in [6.07, 6.45) is -3.23. The monoisotopic (exact) mass is 248 g/mol. The van der Waals surface area contributed by atoms with E-state index in [4.69, 9.17) is 11.5 Å². The number of anilines is 1. The van der Waals surface area contributed by atoms with Crippen molar-refractivity contribution in [3.05, 3.63) is 23.9 Å². The number of nitrogens with two attached hydrogens (primary N) is 2. The van der Waals surface area contributed by atoms with Gasteiger partial charge in [-0.15, -0.1) is 0 Å². The van der Waals surface area contributed by atoms with E-state index in [1.807, 2.05) is 0 Å². The standard InChI is InChI=1S/C10H15F3N4/c11-10(12,13)8-1-4-16-9(7-8)17(5-2-14)6-3-15/h1,4,7H,2-3,5-6,14-15H2. The van der Waals surface area contributed by atoms with Crippen molar-refractivity contribution in [1.29, 1.82) is 0 Å². The van der Waals surface area contributed by atoms with Crippen molar-refractivity contribution in [2.24, 2.45) is 11.5 Å². The molecule has 1 rings (SSSR count). The molecule has 17 heavy (non-hydrogen) atoms. The third-order valence-corrected chi connectivity index (χ3v) is 2.19. The number of halogens is 3. The molecule has 0 radical (unpaired) electrons. The molecule has 0 amide bonds. The van der Waals surface area contributed by atoms with Gasteiger partial charge in [-0.05, 0) is 12.1 Å². The minimum Gasteiger partial charge on any atom is -0.354 e. The van der Waals surface area contributed by atoms with E-state index >= 15 is 0 Å². The van der Waals surface area contributed by atoms with Gasteiger partial charge in [-0.25, -0.2) is 4.98 Å². The molecule has 0 aromatic carbocycles. The molecular weight excluding hydrogens is 233 g/mol. The number of pyridine rings is 1. The van der Waals surface area contributed by atoms with Crippen LogP contribution in [0.4, 0.5) is 19.0 Å². The number of hydrogen-bond acceptors (Lipinski definition) is 4. The van der Waals surface area contributed by atoms with Crippen LogP contribution in [0.2, 0.25) is 0 Å². The predicted octanol–water partition coefficient (Wildman–Crippen LogP) is 0.824. The fraction of sp³-hybridized carbons (Fsp3) is 0.500. The Morgan fingerprint density at radius 3 is 2.24 bits per heavy atom. The highest BCUT2D eigenvalue weighted by Crippen LogP contribution is 2.30. The van der Waals surface area contributed by atoms with E-state index in [-0.39, 0.29) is 5.82 Å². The fourth-order valence-electron chi connectivity index (χ4n) is 1.42. The number of aromatic nitrogens is 1. The first-order valence-electron chi connectivity index (χ1n) is 5.17. The van der Waals surface area contributed by atoms with Crippen LogP contribution in [0.3, 0.4) is 0 Å². The van der Waals surface area contributed by atoms with Crippen LogP contribution in [0.1, 0.15) is 5.56 Å². The van der Waals surface area contributed by atoms with Gasteiger partial charge in [-0.1, -0.05) is 0 Å². The maximum Gasteiger partial charge on any atom is 0.416 e. The van der Waals surface area contributed by atoms with E-state index in [2.05, 4.69) is 4.98 Å². The van der Waals surface area contributed by atoms with Gasteiger partial charge in [0.1, 0.15) is 5.82 Å². The Morgan fingerprint density at radius 1 is 1.18 bits per heavy atom. The van der Waals surface area contributed by atoms with Crippen LogP contribution in [0.5, 0.6) is 0 Å². The zero-order valence-electron chi connectivity index (χ0n) is 9.24. The summed E-state index contributed by atoms with van der Waals surface area (Å²) in [6, 6.07) is 1.94. The van der Waals surface area contributed by atoms with Crippen LogP contribution in [0, 0.1) is 0 Å². The molecule has 96 valence electrons. The first-order chi connectivity index (χ1) is 7.99. The summed E-state index contributed by atoms with van der Waals surface area (Å²) in [4.78, 5) is 5.54. The van der Waals surface area contributed by atoms with E-state index in [1.165, 1.54) is 0 Å². The summed E-state index contributed by atoms with van der Waals surface area (Å²) in [6.45, 7) is 1.51. The second-order valence-corrected chi connectivity index (χ2v) is 3.46. The lowest BCUT2D eigenvalue weighted by molar-refractivity contribution is -0.137. The SMILES string of the molecule is NCCN(CCN)c1cc(C(F)(F)F)ccn1. The van der Waals surface area contributed by atoms with Crippen molar-refractivity contribution >= 4 is 5.82 Å². The molecule has 0 aliphatic rings. The third kappa shape index (κ3) is 3.86. The van der Waals surface area contributed by atoms with Gasteiger partial charge in [0.15, 0.2) is 0 Å². The molecule has 0 aliphatic heterocycles. The highest BCUT2D eigenvalue weighted by molar-refractivity contribution is 5.41. The maximum absolute atomic E-state index is 12.5. The second kappa shape index (κ2) is 5.83. The summed E-state index contributed by atoms with van der Waals surface area (Å²) < 4.78 is 37.5. The molecule has 0 saturated carbocycles. The molecule has 7 heteroatoms. The Hall–Kier alpha value is -1.34.